The number of rotatable bonds is 3. The number of hydrogen-bond donors (Lipinski definition) is 1. The minimum atomic E-state index is -0.549. The third kappa shape index (κ3) is 6.39. The first-order valence-electron chi connectivity index (χ1n) is 3.03. The Morgan fingerprint density at radius 3 is 2.43 bits per heavy atom. The monoisotopic (exact) mass is 133 g/mol. The lowest BCUT2D eigenvalue weighted by Crippen LogP contribution is -2.25. The number of unbranched alkanes of at least 4 members (excludes halogenated alkanes) is 1. The predicted octanol–water partition coefficient (Wildman–Crippen LogP) is -0.669. The van der Waals surface area contributed by atoms with Crippen LogP contribution >= 0.6 is 0 Å². The summed E-state index contributed by atoms with van der Waals surface area (Å²) in [5.74, 6) is 0. The minimum absolute atomic E-state index is 0.549. The standard InChI is InChI=1S/C4H15NSi2/c1-2-3-4-7(5)6/h7H,2-5H2,1,6H3. The predicted molar refractivity (Wildman–Crippen MR) is 41.0 cm³/mol. The molecular weight excluding hydrogens is 118 g/mol. The third-order valence-electron chi connectivity index (χ3n) is 1.01. The van der Waals surface area contributed by atoms with E-state index in [4.69, 9.17) is 5.40 Å². The first kappa shape index (κ1) is 7.39. The van der Waals surface area contributed by atoms with Crippen molar-refractivity contribution in [1.29, 1.82) is 0 Å². The van der Waals surface area contributed by atoms with Gasteiger partial charge in [-0.2, -0.15) is 0 Å². The molecule has 3 heteroatoms. The van der Waals surface area contributed by atoms with Gasteiger partial charge < -0.3 is 5.40 Å². The van der Waals surface area contributed by atoms with E-state index < -0.39 is 8.48 Å². The van der Waals surface area contributed by atoms with Crippen LogP contribution in [0, 0.1) is 0 Å². The summed E-state index contributed by atoms with van der Waals surface area (Å²) >= 11 is 0. The van der Waals surface area contributed by atoms with Crippen molar-refractivity contribution >= 4 is 18.2 Å². The molecule has 0 aromatic rings. The molecule has 0 amide bonds. The molecule has 1 unspecified atom stereocenters. The zero-order valence-corrected chi connectivity index (χ0v) is 8.43. The van der Waals surface area contributed by atoms with E-state index in [2.05, 4.69) is 6.92 Å². The maximum Gasteiger partial charge on any atom is 0.0850 e. The van der Waals surface area contributed by atoms with Crippen molar-refractivity contribution in [2.75, 3.05) is 0 Å². The lowest BCUT2D eigenvalue weighted by molar-refractivity contribution is 0.877. The Hall–Kier alpha value is 0.394. The SMILES string of the molecule is CCCC[SiH](N)[SiH3]. The summed E-state index contributed by atoms with van der Waals surface area (Å²) in [5.41, 5.74) is 0. The lowest BCUT2D eigenvalue weighted by Gasteiger charge is -1.97. The van der Waals surface area contributed by atoms with Gasteiger partial charge in [0, 0.05) is 9.76 Å². The fourth-order valence-corrected chi connectivity index (χ4v) is 2.80. The van der Waals surface area contributed by atoms with Crippen LogP contribution in [0.4, 0.5) is 0 Å². The molecule has 0 aromatic carbocycles. The van der Waals surface area contributed by atoms with Crippen molar-refractivity contribution in [1.82, 2.24) is 0 Å². The van der Waals surface area contributed by atoms with E-state index in [9.17, 15) is 0 Å². The van der Waals surface area contributed by atoms with E-state index in [0.717, 1.165) is 0 Å². The number of hydrogen-bond acceptors (Lipinski definition) is 1. The Morgan fingerprint density at radius 2 is 2.29 bits per heavy atom. The molecule has 0 saturated heterocycles. The summed E-state index contributed by atoms with van der Waals surface area (Å²) in [5, 5.41) is 5.68. The third-order valence-corrected chi connectivity index (χ3v) is 4.06. The molecule has 0 aliphatic carbocycles. The van der Waals surface area contributed by atoms with Gasteiger partial charge in [-0.1, -0.05) is 25.8 Å². The second kappa shape index (κ2) is 4.55. The molecule has 44 valence electrons. The molecule has 0 heterocycles. The van der Waals surface area contributed by atoms with Gasteiger partial charge in [-0.05, 0) is 0 Å². The molecule has 0 saturated carbocycles. The Labute approximate surface area is 50.2 Å². The fourth-order valence-electron chi connectivity index (χ4n) is 0.526. The van der Waals surface area contributed by atoms with E-state index in [0.29, 0.717) is 0 Å². The molecule has 0 fully saturated rings. The van der Waals surface area contributed by atoms with Gasteiger partial charge in [0.05, 0.1) is 8.48 Å². The van der Waals surface area contributed by atoms with Gasteiger partial charge in [0.25, 0.3) is 0 Å². The summed E-state index contributed by atoms with van der Waals surface area (Å²) < 4.78 is 0. The first-order chi connectivity index (χ1) is 3.27. The summed E-state index contributed by atoms with van der Waals surface area (Å²) in [7, 11) is 0.751. The first-order valence-corrected chi connectivity index (χ1v) is 9.13. The van der Waals surface area contributed by atoms with Gasteiger partial charge in [-0.3, -0.25) is 0 Å². The van der Waals surface area contributed by atoms with Crippen molar-refractivity contribution in [3.05, 3.63) is 0 Å². The molecule has 1 nitrogen and oxygen atoms in total. The van der Waals surface area contributed by atoms with Gasteiger partial charge in [0.15, 0.2) is 0 Å². The van der Waals surface area contributed by atoms with Crippen LogP contribution in [0.15, 0.2) is 0 Å². The summed E-state index contributed by atoms with van der Waals surface area (Å²) in [6.07, 6.45) is 2.69. The van der Waals surface area contributed by atoms with E-state index in [1.165, 1.54) is 28.6 Å². The molecule has 1 atom stereocenters. The normalized spacial score (nSPS) is 14.6. The van der Waals surface area contributed by atoms with Crippen LogP contribution in [0.1, 0.15) is 19.8 Å². The zero-order valence-electron chi connectivity index (χ0n) is 5.28. The van der Waals surface area contributed by atoms with E-state index in [1.54, 1.807) is 0 Å². The Balaban J connectivity index is 2.68. The number of nitrogens with two attached hydrogens (primary N) is 1. The van der Waals surface area contributed by atoms with E-state index >= 15 is 0 Å². The highest BCUT2D eigenvalue weighted by Crippen LogP contribution is 1.92. The Kier molecular flexibility index (Phi) is 4.81. The molecule has 0 aliphatic heterocycles. The van der Waals surface area contributed by atoms with Gasteiger partial charge in [-0.15, -0.1) is 0 Å². The summed E-state index contributed by atoms with van der Waals surface area (Å²) in [6.45, 7) is 2.22. The summed E-state index contributed by atoms with van der Waals surface area (Å²) in [6, 6.07) is 1.38. The van der Waals surface area contributed by atoms with Crippen molar-refractivity contribution in [3.8, 4) is 0 Å². The van der Waals surface area contributed by atoms with Gasteiger partial charge >= 0.3 is 0 Å². The fraction of sp³-hybridized carbons (Fsp3) is 1.00. The van der Waals surface area contributed by atoms with E-state index in [1.807, 2.05) is 0 Å². The summed E-state index contributed by atoms with van der Waals surface area (Å²) in [4.78, 5) is 0. The molecule has 0 aromatic heterocycles. The molecule has 2 N–H and O–H groups in total. The lowest BCUT2D eigenvalue weighted by atomic mass is 10.4. The highest BCUT2D eigenvalue weighted by Gasteiger charge is 1.91. The largest absolute Gasteiger partial charge is 0.356 e. The molecule has 0 aliphatic rings. The van der Waals surface area contributed by atoms with Crippen molar-refractivity contribution in [2.45, 2.75) is 25.8 Å². The smallest absolute Gasteiger partial charge is 0.0850 e. The zero-order chi connectivity index (χ0) is 5.70. The maximum absolute atomic E-state index is 5.68. The van der Waals surface area contributed by atoms with Gasteiger partial charge in [0.1, 0.15) is 0 Å². The van der Waals surface area contributed by atoms with E-state index in [-0.39, 0.29) is 0 Å². The van der Waals surface area contributed by atoms with Crippen LogP contribution in [0.2, 0.25) is 6.04 Å². The average molecular weight is 133 g/mol. The van der Waals surface area contributed by atoms with Crippen LogP contribution in [0.3, 0.4) is 0 Å². The Bertz CT molecular complexity index is 38.7. The van der Waals surface area contributed by atoms with Crippen LogP contribution in [0.5, 0.6) is 0 Å². The van der Waals surface area contributed by atoms with Crippen molar-refractivity contribution in [3.63, 3.8) is 0 Å². The quantitative estimate of drug-likeness (QED) is 0.508. The van der Waals surface area contributed by atoms with Gasteiger partial charge in [-0.25, -0.2) is 0 Å². The van der Waals surface area contributed by atoms with Crippen LogP contribution in [0.25, 0.3) is 0 Å². The van der Waals surface area contributed by atoms with Crippen LogP contribution < -0.4 is 5.40 Å². The average Bonchev–Trinajstić information content (AvgIpc) is 1.61. The second-order valence-corrected chi connectivity index (χ2v) is 9.10. The van der Waals surface area contributed by atoms with Gasteiger partial charge in [0.2, 0.25) is 0 Å². The highest BCUT2D eigenvalue weighted by molar-refractivity contribution is 7.01. The molecular formula is C4H15NSi2. The van der Waals surface area contributed by atoms with Crippen LogP contribution in [-0.2, 0) is 0 Å². The second-order valence-electron chi connectivity index (χ2n) is 2.12. The molecule has 0 bridgehead atoms. The Morgan fingerprint density at radius 1 is 1.71 bits per heavy atom. The van der Waals surface area contributed by atoms with Crippen molar-refractivity contribution in [2.24, 2.45) is 5.40 Å². The molecule has 0 spiro atoms. The highest BCUT2D eigenvalue weighted by atomic mass is 29.2. The minimum Gasteiger partial charge on any atom is -0.356 e. The molecule has 0 radical (unpaired) electrons. The maximum atomic E-state index is 5.68. The topological polar surface area (TPSA) is 26.0 Å². The van der Waals surface area contributed by atoms with Crippen LogP contribution in [-0.4, -0.2) is 18.2 Å². The molecule has 7 heavy (non-hydrogen) atoms. The van der Waals surface area contributed by atoms with Crippen molar-refractivity contribution < 1.29 is 0 Å². The molecule has 0 rings (SSSR count).